The number of furan rings is 1. The molecule has 0 bridgehead atoms. The van der Waals surface area contributed by atoms with E-state index >= 15 is 0 Å². The zero-order valence-electron chi connectivity index (χ0n) is 19.1. The topological polar surface area (TPSA) is 72.6 Å². The van der Waals surface area contributed by atoms with E-state index in [4.69, 9.17) is 19.2 Å². The molecule has 6 heteroatoms. The van der Waals surface area contributed by atoms with Crippen molar-refractivity contribution in [1.29, 1.82) is 0 Å². The first kappa shape index (κ1) is 22.8. The molecule has 170 valence electrons. The lowest BCUT2D eigenvalue weighted by Crippen LogP contribution is -2.00. The molecule has 0 saturated carbocycles. The number of rotatable bonds is 9. The number of fused-ring (bicyclic) bond motifs is 1. The van der Waals surface area contributed by atoms with Crippen LogP contribution in [0.2, 0.25) is 0 Å². The number of benzene rings is 2. The number of aryl methyl sites for hydroxylation is 2. The highest BCUT2D eigenvalue weighted by atomic mass is 32.1. The van der Waals surface area contributed by atoms with Crippen molar-refractivity contribution >= 4 is 28.3 Å². The van der Waals surface area contributed by atoms with Crippen LogP contribution in [0.5, 0.6) is 5.75 Å². The van der Waals surface area contributed by atoms with Crippen LogP contribution in [-0.4, -0.2) is 22.7 Å². The Labute approximate surface area is 197 Å². The first-order valence-electron chi connectivity index (χ1n) is 10.9. The molecule has 4 aromatic rings. The molecule has 0 unspecified atom stereocenters. The standard InChI is InChI=1S/C27H27NO4S/c1-17(8-11-26(29)30)12-13-31-23-7-5-4-6-20(23)16-25-27(28-19(3)33-25)21-9-10-24-22(15-21)14-18(2)32-24/h4-7,9-10,12,14-15H,8,11,13,16H2,1-3H3,(H,29,30)/b17-12+. The number of carboxylic acid groups (broad SMARTS) is 1. The Hall–Kier alpha value is -3.38. The molecule has 2 aromatic heterocycles. The summed E-state index contributed by atoms with van der Waals surface area (Å²) in [5.41, 5.74) is 5.07. The highest BCUT2D eigenvalue weighted by Crippen LogP contribution is 2.34. The maximum atomic E-state index is 10.7. The number of carbonyl (C=O) groups is 1. The third kappa shape index (κ3) is 5.71. The molecule has 2 heterocycles. The van der Waals surface area contributed by atoms with Crippen molar-refractivity contribution in [2.24, 2.45) is 0 Å². The van der Waals surface area contributed by atoms with Gasteiger partial charge in [0.1, 0.15) is 23.7 Å². The van der Waals surface area contributed by atoms with Gasteiger partial charge in [0, 0.05) is 28.7 Å². The zero-order chi connectivity index (χ0) is 23.4. The zero-order valence-corrected chi connectivity index (χ0v) is 19.9. The fourth-order valence-electron chi connectivity index (χ4n) is 3.78. The number of carboxylic acids is 1. The Balaban J connectivity index is 1.54. The fraction of sp³-hybridized carbons (Fsp3) is 0.259. The number of aliphatic carboxylic acids is 1. The summed E-state index contributed by atoms with van der Waals surface area (Å²) in [6, 6.07) is 16.3. The minimum absolute atomic E-state index is 0.136. The molecule has 0 atom stereocenters. The molecule has 2 aromatic carbocycles. The molecule has 0 spiro atoms. The summed E-state index contributed by atoms with van der Waals surface area (Å²) in [7, 11) is 0. The van der Waals surface area contributed by atoms with Gasteiger partial charge in [-0.15, -0.1) is 11.3 Å². The molecule has 0 saturated heterocycles. The SMILES string of the molecule is C/C(=C\COc1ccccc1Cc1sc(C)nc1-c1ccc2oc(C)cc2c1)CCC(=O)O. The van der Waals surface area contributed by atoms with Crippen LogP contribution >= 0.6 is 11.3 Å². The van der Waals surface area contributed by atoms with Crippen LogP contribution in [0.4, 0.5) is 0 Å². The van der Waals surface area contributed by atoms with Crippen molar-refractivity contribution in [2.75, 3.05) is 6.61 Å². The minimum atomic E-state index is -0.785. The molecule has 0 amide bonds. The van der Waals surface area contributed by atoms with E-state index in [-0.39, 0.29) is 6.42 Å². The first-order valence-corrected chi connectivity index (χ1v) is 11.8. The molecule has 4 rings (SSSR count). The third-order valence-electron chi connectivity index (χ3n) is 5.44. The van der Waals surface area contributed by atoms with E-state index in [1.807, 2.05) is 57.2 Å². The summed E-state index contributed by atoms with van der Waals surface area (Å²) in [5.74, 6) is 0.944. The molecular formula is C27H27NO4S. The second-order valence-corrected chi connectivity index (χ2v) is 9.44. The number of para-hydroxylation sites is 1. The highest BCUT2D eigenvalue weighted by molar-refractivity contribution is 7.12. The van der Waals surface area contributed by atoms with Gasteiger partial charge in [0.15, 0.2) is 0 Å². The number of thiazole rings is 1. The van der Waals surface area contributed by atoms with Crippen molar-refractivity contribution in [3.8, 4) is 17.0 Å². The van der Waals surface area contributed by atoms with E-state index < -0.39 is 5.97 Å². The monoisotopic (exact) mass is 461 g/mol. The largest absolute Gasteiger partial charge is 0.489 e. The lowest BCUT2D eigenvalue weighted by Gasteiger charge is -2.11. The summed E-state index contributed by atoms with van der Waals surface area (Å²) in [6.07, 6.45) is 3.34. The number of ether oxygens (including phenoxy) is 1. The van der Waals surface area contributed by atoms with Crippen molar-refractivity contribution in [2.45, 2.75) is 40.0 Å². The average Bonchev–Trinajstić information content (AvgIpc) is 3.33. The van der Waals surface area contributed by atoms with E-state index in [2.05, 4.69) is 18.2 Å². The normalized spacial score (nSPS) is 11.8. The lowest BCUT2D eigenvalue weighted by molar-refractivity contribution is -0.136. The van der Waals surface area contributed by atoms with E-state index in [1.54, 1.807) is 11.3 Å². The average molecular weight is 462 g/mol. The molecular weight excluding hydrogens is 434 g/mol. The number of aromatic nitrogens is 1. The van der Waals surface area contributed by atoms with Crippen LogP contribution in [0.15, 0.2) is 64.6 Å². The van der Waals surface area contributed by atoms with Crippen molar-refractivity contribution < 1.29 is 19.1 Å². The van der Waals surface area contributed by atoms with E-state index in [9.17, 15) is 4.79 Å². The van der Waals surface area contributed by atoms with Crippen LogP contribution in [0.3, 0.4) is 0 Å². The van der Waals surface area contributed by atoms with Crippen LogP contribution in [0, 0.1) is 13.8 Å². The van der Waals surface area contributed by atoms with Gasteiger partial charge < -0.3 is 14.3 Å². The maximum Gasteiger partial charge on any atom is 0.303 e. The number of hydrogen-bond donors (Lipinski definition) is 1. The molecule has 0 radical (unpaired) electrons. The van der Waals surface area contributed by atoms with Crippen LogP contribution < -0.4 is 4.74 Å². The Morgan fingerprint density at radius 1 is 1.15 bits per heavy atom. The third-order valence-corrected chi connectivity index (χ3v) is 6.42. The molecule has 0 fully saturated rings. The summed E-state index contributed by atoms with van der Waals surface area (Å²) in [4.78, 5) is 16.8. The quantitative estimate of drug-likeness (QED) is 0.273. The summed E-state index contributed by atoms with van der Waals surface area (Å²) in [5, 5.41) is 10.9. The van der Waals surface area contributed by atoms with E-state index in [1.165, 1.54) is 4.88 Å². The van der Waals surface area contributed by atoms with Gasteiger partial charge in [0.05, 0.1) is 10.7 Å². The van der Waals surface area contributed by atoms with Gasteiger partial charge in [-0.1, -0.05) is 23.8 Å². The van der Waals surface area contributed by atoms with Crippen molar-refractivity contribution in [3.63, 3.8) is 0 Å². The number of nitrogens with zero attached hydrogens (tertiary/aromatic N) is 1. The highest BCUT2D eigenvalue weighted by Gasteiger charge is 2.15. The van der Waals surface area contributed by atoms with Crippen LogP contribution in [0.25, 0.3) is 22.2 Å². The first-order chi connectivity index (χ1) is 15.9. The van der Waals surface area contributed by atoms with Gasteiger partial charge in [-0.05, 0) is 69.2 Å². The van der Waals surface area contributed by atoms with Crippen molar-refractivity contribution in [3.05, 3.63) is 81.4 Å². The Bertz CT molecular complexity index is 1310. The summed E-state index contributed by atoms with van der Waals surface area (Å²) < 4.78 is 11.8. The van der Waals surface area contributed by atoms with E-state index in [0.717, 1.165) is 56.3 Å². The second-order valence-electron chi connectivity index (χ2n) is 8.15. The van der Waals surface area contributed by atoms with Crippen LogP contribution in [0.1, 0.15) is 41.0 Å². The Kier molecular flexibility index (Phi) is 6.94. The van der Waals surface area contributed by atoms with Crippen molar-refractivity contribution in [1.82, 2.24) is 4.98 Å². The van der Waals surface area contributed by atoms with Crippen LogP contribution in [-0.2, 0) is 11.2 Å². The molecule has 0 aliphatic rings. The molecule has 0 aliphatic heterocycles. The van der Waals surface area contributed by atoms with Gasteiger partial charge in [-0.3, -0.25) is 4.79 Å². The van der Waals surface area contributed by atoms with Gasteiger partial charge in [-0.25, -0.2) is 4.98 Å². The molecule has 0 aliphatic carbocycles. The molecule has 5 nitrogen and oxygen atoms in total. The summed E-state index contributed by atoms with van der Waals surface area (Å²) in [6.45, 7) is 6.33. The maximum absolute atomic E-state index is 10.7. The predicted molar refractivity (Wildman–Crippen MR) is 132 cm³/mol. The predicted octanol–water partition coefficient (Wildman–Crippen LogP) is 6.95. The minimum Gasteiger partial charge on any atom is -0.489 e. The lowest BCUT2D eigenvalue weighted by atomic mass is 10.0. The second kappa shape index (κ2) is 10.0. The summed E-state index contributed by atoms with van der Waals surface area (Å²) >= 11 is 1.70. The molecule has 1 N–H and O–H groups in total. The number of allylic oxidation sites excluding steroid dienone is 1. The van der Waals surface area contributed by atoms with Gasteiger partial charge in [-0.2, -0.15) is 0 Å². The van der Waals surface area contributed by atoms with Gasteiger partial charge in [0.25, 0.3) is 0 Å². The Morgan fingerprint density at radius 3 is 2.79 bits per heavy atom. The Morgan fingerprint density at radius 2 is 1.97 bits per heavy atom. The fourth-order valence-corrected chi connectivity index (χ4v) is 4.76. The number of hydrogen-bond acceptors (Lipinski definition) is 5. The van der Waals surface area contributed by atoms with Gasteiger partial charge >= 0.3 is 5.97 Å². The molecule has 33 heavy (non-hydrogen) atoms. The van der Waals surface area contributed by atoms with Gasteiger partial charge in [0.2, 0.25) is 0 Å². The van der Waals surface area contributed by atoms with E-state index in [0.29, 0.717) is 13.0 Å². The smallest absolute Gasteiger partial charge is 0.303 e.